The van der Waals surface area contributed by atoms with Gasteiger partial charge in [-0.25, -0.2) is 0 Å². The van der Waals surface area contributed by atoms with Gasteiger partial charge < -0.3 is 19.9 Å². The van der Waals surface area contributed by atoms with Crippen molar-refractivity contribution in [3.05, 3.63) is 27.1 Å². The SMILES string of the molecule is CCCCOCCOCC(O)CNc1ccc(Br)cc1Br. The maximum absolute atomic E-state index is 9.84. The second kappa shape index (κ2) is 11.4. The van der Waals surface area contributed by atoms with Crippen LogP contribution in [0.15, 0.2) is 27.1 Å². The quantitative estimate of drug-likeness (QED) is 0.530. The summed E-state index contributed by atoms with van der Waals surface area (Å²) in [6, 6.07) is 5.85. The van der Waals surface area contributed by atoms with E-state index in [0.717, 1.165) is 34.1 Å². The van der Waals surface area contributed by atoms with Crippen LogP contribution in [0.1, 0.15) is 19.8 Å². The zero-order chi connectivity index (χ0) is 15.5. The van der Waals surface area contributed by atoms with Crippen molar-refractivity contribution in [3.63, 3.8) is 0 Å². The molecule has 0 saturated carbocycles. The van der Waals surface area contributed by atoms with Crippen molar-refractivity contribution in [1.29, 1.82) is 0 Å². The van der Waals surface area contributed by atoms with E-state index in [-0.39, 0.29) is 0 Å². The van der Waals surface area contributed by atoms with Gasteiger partial charge in [-0.1, -0.05) is 29.3 Å². The lowest BCUT2D eigenvalue weighted by Gasteiger charge is -2.14. The Morgan fingerprint density at radius 1 is 1.19 bits per heavy atom. The predicted molar refractivity (Wildman–Crippen MR) is 92.9 cm³/mol. The van der Waals surface area contributed by atoms with Gasteiger partial charge in [0, 0.05) is 27.8 Å². The van der Waals surface area contributed by atoms with Crippen molar-refractivity contribution in [2.45, 2.75) is 25.9 Å². The van der Waals surface area contributed by atoms with Crippen LogP contribution in [0.4, 0.5) is 5.69 Å². The number of rotatable bonds is 11. The van der Waals surface area contributed by atoms with Crippen LogP contribution in [-0.4, -0.2) is 44.2 Å². The van der Waals surface area contributed by atoms with E-state index in [1.54, 1.807) is 0 Å². The number of hydrogen-bond donors (Lipinski definition) is 2. The maximum Gasteiger partial charge on any atom is 0.0945 e. The number of halogens is 2. The van der Waals surface area contributed by atoms with E-state index in [4.69, 9.17) is 9.47 Å². The summed E-state index contributed by atoms with van der Waals surface area (Å²) in [7, 11) is 0. The normalized spacial score (nSPS) is 12.4. The fourth-order valence-electron chi connectivity index (χ4n) is 1.61. The number of ether oxygens (including phenoxy) is 2. The highest BCUT2D eigenvalue weighted by molar-refractivity contribution is 9.11. The Morgan fingerprint density at radius 2 is 1.95 bits per heavy atom. The highest BCUT2D eigenvalue weighted by atomic mass is 79.9. The first kappa shape index (κ1) is 18.9. The Morgan fingerprint density at radius 3 is 2.67 bits per heavy atom. The minimum atomic E-state index is -0.545. The van der Waals surface area contributed by atoms with Gasteiger partial charge in [-0.3, -0.25) is 0 Å². The smallest absolute Gasteiger partial charge is 0.0945 e. The molecule has 1 unspecified atom stereocenters. The van der Waals surface area contributed by atoms with Gasteiger partial charge in [0.1, 0.15) is 0 Å². The summed E-state index contributed by atoms with van der Waals surface area (Å²) in [5.41, 5.74) is 0.945. The van der Waals surface area contributed by atoms with Crippen LogP contribution in [0.5, 0.6) is 0 Å². The molecule has 0 aliphatic heterocycles. The van der Waals surface area contributed by atoms with Crippen LogP contribution in [-0.2, 0) is 9.47 Å². The highest BCUT2D eigenvalue weighted by Crippen LogP contribution is 2.25. The topological polar surface area (TPSA) is 50.7 Å². The lowest BCUT2D eigenvalue weighted by atomic mass is 10.3. The Kier molecular flexibility index (Phi) is 10.3. The average Bonchev–Trinajstić information content (AvgIpc) is 2.45. The minimum Gasteiger partial charge on any atom is -0.389 e. The Hall–Kier alpha value is -0.140. The molecule has 120 valence electrons. The molecule has 0 amide bonds. The zero-order valence-electron chi connectivity index (χ0n) is 12.3. The van der Waals surface area contributed by atoms with Crippen molar-refractivity contribution in [3.8, 4) is 0 Å². The third kappa shape index (κ3) is 8.78. The largest absolute Gasteiger partial charge is 0.389 e. The number of hydrogen-bond acceptors (Lipinski definition) is 4. The number of benzene rings is 1. The van der Waals surface area contributed by atoms with Gasteiger partial charge in [-0.15, -0.1) is 0 Å². The summed E-state index contributed by atoms with van der Waals surface area (Å²) in [6.45, 7) is 4.75. The van der Waals surface area contributed by atoms with Gasteiger partial charge in [-0.2, -0.15) is 0 Å². The lowest BCUT2D eigenvalue weighted by Crippen LogP contribution is -2.25. The summed E-state index contributed by atoms with van der Waals surface area (Å²) < 4.78 is 12.7. The van der Waals surface area contributed by atoms with E-state index in [1.807, 2.05) is 18.2 Å². The van der Waals surface area contributed by atoms with Gasteiger partial charge in [0.15, 0.2) is 0 Å². The van der Waals surface area contributed by atoms with Gasteiger partial charge in [0.2, 0.25) is 0 Å². The second-order valence-corrected chi connectivity index (χ2v) is 6.47. The molecule has 6 heteroatoms. The third-order valence-electron chi connectivity index (χ3n) is 2.78. The number of aliphatic hydroxyl groups is 1. The van der Waals surface area contributed by atoms with Gasteiger partial charge in [-0.05, 0) is 40.5 Å². The predicted octanol–water partition coefficient (Wildman–Crippen LogP) is 3.82. The van der Waals surface area contributed by atoms with Crippen LogP contribution >= 0.6 is 31.9 Å². The van der Waals surface area contributed by atoms with Crippen molar-refractivity contribution in [2.75, 3.05) is 38.3 Å². The van der Waals surface area contributed by atoms with Crippen LogP contribution in [0, 0.1) is 0 Å². The highest BCUT2D eigenvalue weighted by Gasteiger charge is 2.06. The number of aliphatic hydroxyl groups excluding tert-OH is 1. The molecule has 0 spiro atoms. The van der Waals surface area contributed by atoms with Crippen molar-refractivity contribution >= 4 is 37.5 Å². The maximum atomic E-state index is 9.84. The standard InChI is InChI=1S/C15H23Br2NO3/c1-2-3-6-20-7-8-21-11-13(19)10-18-15-5-4-12(16)9-14(15)17/h4-5,9,13,18-19H,2-3,6-8,10-11H2,1H3. The molecule has 0 aromatic heterocycles. The fraction of sp³-hybridized carbons (Fsp3) is 0.600. The Balaban J connectivity index is 2.09. The minimum absolute atomic E-state index is 0.304. The van der Waals surface area contributed by atoms with E-state index in [1.165, 1.54) is 0 Å². The van der Waals surface area contributed by atoms with Crippen molar-refractivity contribution < 1.29 is 14.6 Å². The summed E-state index contributed by atoms with van der Waals surface area (Å²) in [5.74, 6) is 0. The lowest BCUT2D eigenvalue weighted by molar-refractivity contribution is 0.00749. The van der Waals surface area contributed by atoms with Crippen LogP contribution in [0.3, 0.4) is 0 Å². The number of unbranched alkanes of at least 4 members (excludes halogenated alkanes) is 1. The molecule has 0 fully saturated rings. The van der Waals surface area contributed by atoms with Gasteiger partial charge >= 0.3 is 0 Å². The van der Waals surface area contributed by atoms with Crippen LogP contribution in [0.2, 0.25) is 0 Å². The summed E-state index contributed by atoms with van der Waals surface area (Å²) >= 11 is 6.87. The molecule has 1 aromatic rings. The first-order chi connectivity index (χ1) is 10.1. The van der Waals surface area contributed by atoms with Crippen molar-refractivity contribution in [2.24, 2.45) is 0 Å². The van der Waals surface area contributed by atoms with Crippen LogP contribution < -0.4 is 5.32 Å². The van der Waals surface area contributed by atoms with E-state index in [9.17, 15) is 5.11 Å². The first-order valence-corrected chi connectivity index (χ1v) is 8.74. The molecule has 0 radical (unpaired) electrons. The van der Waals surface area contributed by atoms with Crippen LogP contribution in [0.25, 0.3) is 0 Å². The molecule has 0 saturated heterocycles. The summed E-state index contributed by atoms with van der Waals surface area (Å²) in [5, 5.41) is 13.0. The summed E-state index contributed by atoms with van der Waals surface area (Å²) in [6.07, 6.45) is 1.67. The molecule has 1 aromatic carbocycles. The molecule has 2 N–H and O–H groups in total. The van der Waals surface area contributed by atoms with E-state index >= 15 is 0 Å². The first-order valence-electron chi connectivity index (χ1n) is 7.16. The molecular weight excluding hydrogens is 402 g/mol. The third-order valence-corrected chi connectivity index (χ3v) is 3.93. The molecule has 4 nitrogen and oxygen atoms in total. The van der Waals surface area contributed by atoms with E-state index in [2.05, 4.69) is 44.1 Å². The molecule has 0 bridgehead atoms. The van der Waals surface area contributed by atoms with E-state index in [0.29, 0.717) is 26.4 Å². The second-order valence-electron chi connectivity index (χ2n) is 4.70. The molecule has 1 rings (SSSR count). The zero-order valence-corrected chi connectivity index (χ0v) is 15.5. The molecule has 0 aliphatic rings. The summed E-state index contributed by atoms with van der Waals surface area (Å²) in [4.78, 5) is 0. The van der Waals surface area contributed by atoms with Gasteiger partial charge in [0.25, 0.3) is 0 Å². The number of nitrogens with one attached hydrogen (secondary N) is 1. The Bertz CT molecular complexity index is 405. The Labute approximate surface area is 143 Å². The monoisotopic (exact) mass is 423 g/mol. The molecule has 21 heavy (non-hydrogen) atoms. The van der Waals surface area contributed by atoms with Gasteiger partial charge in [0.05, 0.1) is 25.9 Å². The van der Waals surface area contributed by atoms with E-state index < -0.39 is 6.10 Å². The molecule has 0 aliphatic carbocycles. The number of anilines is 1. The fourth-order valence-corrected chi connectivity index (χ4v) is 2.79. The molecule has 0 heterocycles. The molecule has 1 atom stereocenters. The average molecular weight is 425 g/mol. The molecular formula is C15H23Br2NO3. The van der Waals surface area contributed by atoms with Crippen molar-refractivity contribution in [1.82, 2.24) is 0 Å².